The summed E-state index contributed by atoms with van der Waals surface area (Å²) in [6.07, 6.45) is 16.6. The minimum absolute atomic E-state index is 0.899. The first-order chi connectivity index (χ1) is 12.4. The summed E-state index contributed by atoms with van der Waals surface area (Å²) in [6.45, 7) is 4.70. The second-order valence-electron chi connectivity index (χ2n) is 8.32. The van der Waals surface area contributed by atoms with E-state index in [1.54, 1.807) is 21.3 Å². The highest BCUT2D eigenvalue weighted by molar-refractivity contribution is 6.60. The third-order valence-corrected chi connectivity index (χ3v) is 8.38. The molecular formula is C21H48NO3Si+. The standard InChI is InChI=1S/C21H48NO3Si/c1-7-8-9-10-11-12-13-14-15-16-17-19-22(2,3)20-18-21-26(23-4,24-5)25-6/h7-21H2,1-6H3/q+1. The molecule has 0 aromatic carbocycles. The molecule has 0 saturated heterocycles. The Labute approximate surface area is 165 Å². The van der Waals surface area contributed by atoms with Gasteiger partial charge in [-0.05, 0) is 12.8 Å². The molecule has 0 unspecified atom stereocenters. The predicted molar refractivity (Wildman–Crippen MR) is 115 cm³/mol. The lowest BCUT2D eigenvalue weighted by atomic mass is 10.1. The van der Waals surface area contributed by atoms with Gasteiger partial charge in [-0.15, -0.1) is 0 Å². The van der Waals surface area contributed by atoms with Crippen molar-refractivity contribution in [1.29, 1.82) is 0 Å². The van der Waals surface area contributed by atoms with Gasteiger partial charge >= 0.3 is 8.80 Å². The molecule has 4 nitrogen and oxygen atoms in total. The Morgan fingerprint density at radius 1 is 0.577 bits per heavy atom. The zero-order chi connectivity index (χ0) is 19.7. The Morgan fingerprint density at radius 2 is 0.962 bits per heavy atom. The summed E-state index contributed by atoms with van der Waals surface area (Å²) < 4.78 is 17.6. The maximum Gasteiger partial charge on any atom is 0.500 e. The monoisotopic (exact) mass is 390 g/mol. The van der Waals surface area contributed by atoms with Crippen molar-refractivity contribution in [3.8, 4) is 0 Å². The Hall–Kier alpha value is 0.0569. The molecule has 0 saturated carbocycles. The van der Waals surface area contributed by atoms with Gasteiger partial charge in [0.15, 0.2) is 0 Å². The van der Waals surface area contributed by atoms with Gasteiger partial charge in [0, 0.05) is 33.8 Å². The lowest BCUT2D eigenvalue weighted by molar-refractivity contribution is -0.890. The minimum Gasteiger partial charge on any atom is -0.377 e. The van der Waals surface area contributed by atoms with Crippen molar-refractivity contribution in [2.45, 2.75) is 90.0 Å². The van der Waals surface area contributed by atoms with E-state index < -0.39 is 8.80 Å². The zero-order valence-corrected chi connectivity index (χ0v) is 19.8. The van der Waals surface area contributed by atoms with Crippen molar-refractivity contribution in [1.82, 2.24) is 0 Å². The van der Waals surface area contributed by atoms with E-state index in [0.717, 1.165) is 23.5 Å². The fourth-order valence-electron chi connectivity index (χ4n) is 3.60. The lowest BCUT2D eigenvalue weighted by Gasteiger charge is -2.31. The Kier molecular flexibility index (Phi) is 16.1. The lowest BCUT2D eigenvalue weighted by Crippen LogP contribution is -2.45. The molecule has 0 N–H and O–H groups in total. The van der Waals surface area contributed by atoms with E-state index in [1.807, 2.05) is 0 Å². The van der Waals surface area contributed by atoms with Crippen LogP contribution in [0.3, 0.4) is 0 Å². The van der Waals surface area contributed by atoms with Gasteiger partial charge < -0.3 is 17.8 Å². The molecule has 0 rings (SSSR count). The first-order valence-electron chi connectivity index (χ1n) is 10.9. The van der Waals surface area contributed by atoms with Gasteiger partial charge in [-0.3, -0.25) is 0 Å². The Bertz CT molecular complexity index is 301. The molecule has 0 aliphatic rings. The van der Waals surface area contributed by atoms with E-state index in [0.29, 0.717) is 0 Å². The maximum absolute atomic E-state index is 5.51. The average molecular weight is 391 g/mol. The molecule has 0 radical (unpaired) electrons. The average Bonchev–Trinajstić information content (AvgIpc) is 2.63. The summed E-state index contributed by atoms with van der Waals surface area (Å²) in [6, 6.07) is 0.899. The summed E-state index contributed by atoms with van der Waals surface area (Å²) in [5.41, 5.74) is 0. The summed E-state index contributed by atoms with van der Waals surface area (Å²) >= 11 is 0. The van der Waals surface area contributed by atoms with Crippen LogP contribution in [0.4, 0.5) is 0 Å². The van der Waals surface area contributed by atoms with E-state index in [4.69, 9.17) is 13.3 Å². The summed E-state index contributed by atoms with van der Waals surface area (Å²) in [5, 5.41) is 0. The number of hydrogen-bond acceptors (Lipinski definition) is 3. The number of quaternary nitrogens is 1. The van der Waals surface area contributed by atoms with Crippen LogP contribution in [-0.4, -0.2) is 61.8 Å². The van der Waals surface area contributed by atoms with Gasteiger partial charge in [0.25, 0.3) is 0 Å². The Morgan fingerprint density at radius 3 is 1.38 bits per heavy atom. The van der Waals surface area contributed by atoms with Crippen LogP contribution in [-0.2, 0) is 13.3 Å². The molecule has 0 amide bonds. The van der Waals surface area contributed by atoms with E-state index in [9.17, 15) is 0 Å². The predicted octanol–water partition coefficient (Wildman–Crippen LogP) is 5.64. The van der Waals surface area contributed by atoms with Crippen molar-refractivity contribution in [2.75, 3.05) is 48.5 Å². The van der Waals surface area contributed by atoms with Crippen molar-refractivity contribution >= 4 is 8.80 Å². The van der Waals surface area contributed by atoms with Gasteiger partial charge in [0.2, 0.25) is 0 Å². The van der Waals surface area contributed by atoms with Crippen LogP contribution in [0.1, 0.15) is 84.0 Å². The molecule has 0 heterocycles. The number of hydrogen-bond donors (Lipinski definition) is 0. The van der Waals surface area contributed by atoms with Crippen molar-refractivity contribution in [2.24, 2.45) is 0 Å². The molecule has 26 heavy (non-hydrogen) atoms. The fourth-order valence-corrected chi connectivity index (χ4v) is 5.30. The second kappa shape index (κ2) is 16.1. The van der Waals surface area contributed by atoms with Crippen LogP contribution in [0.2, 0.25) is 6.04 Å². The maximum atomic E-state index is 5.51. The normalized spacial score (nSPS) is 12.7. The fraction of sp³-hybridized carbons (Fsp3) is 1.00. The molecule has 0 fully saturated rings. The van der Waals surface area contributed by atoms with Crippen molar-refractivity contribution < 1.29 is 17.8 Å². The first kappa shape index (κ1) is 26.1. The number of unbranched alkanes of at least 4 members (excludes halogenated alkanes) is 10. The molecule has 0 spiro atoms. The summed E-state index contributed by atoms with van der Waals surface area (Å²) in [4.78, 5) is 0. The van der Waals surface area contributed by atoms with Crippen LogP contribution in [0.5, 0.6) is 0 Å². The van der Waals surface area contributed by atoms with Gasteiger partial charge in [0.1, 0.15) is 0 Å². The smallest absolute Gasteiger partial charge is 0.377 e. The third kappa shape index (κ3) is 13.3. The molecule has 0 aliphatic carbocycles. The number of rotatable bonds is 19. The molecule has 0 atom stereocenters. The van der Waals surface area contributed by atoms with Crippen LogP contribution in [0.25, 0.3) is 0 Å². The largest absolute Gasteiger partial charge is 0.500 e. The van der Waals surface area contributed by atoms with Gasteiger partial charge in [-0.25, -0.2) is 0 Å². The van der Waals surface area contributed by atoms with E-state index in [1.165, 1.54) is 77.2 Å². The van der Waals surface area contributed by atoms with Crippen LogP contribution in [0, 0.1) is 0 Å². The van der Waals surface area contributed by atoms with E-state index >= 15 is 0 Å². The minimum atomic E-state index is -2.39. The number of nitrogens with zero attached hydrogens (tertiary/aromatic N) is 1. The van der Waals surface area contributed by atoms with Crippen molar-refractivity contribution in [3.63, 3.8) is 0 Å². The van der Waals surface area contributed by atoms with Gasteiger partial charge in [-0.2, -0.15) is 0 Å². The highest BCUT2D eigenvalue weighted by atomic mass is 28.4. The third-order valence-electron chi connectivity index (χ3n) is 5.55. The first-order valence-corrected chi connectivity index (χ1v) is 12.9. The molecule has 158 valence electrons. The zero-order valence-electron chi connectivity index (χ0n) is 18.8. The van der Waals surface area contributed by atoms with Crippen LogP contribution >= 0.6 is 0 Å². The highest BCUT2D eigenvalue weighted by Gasteiger charge is 2.37. The molecule has 0 bridgehead atoms. The summed E-state index contributed by atoms with van der Waals surface area (Å²) in [5.74, 6) is 0. The molecule has 5 heteroatoms. The molecular weight excluding hydrogens is 342 g/mol. The van der Waals surface area contributed by atoms with Crippen LogP contribution < -0.4 is 0 Å². The van der Waals surface area contributed by atoms with Crippen molar-refractivity contribution in [3.05, 3.63) is 0 Å². The topological polar surface area (TPSA) is 27.7 Å². The van der Waals surface area contributed by atoms with E-state index in [-0.39, 0.29) is 0 Å². The van der Waals surface area contributed by atoms with E-state index in [2.05, 4.69) is 21.0 Å². The molecule has 0 aromatic rings. The summed E-state index contributed by atoms with van der Waals surface area (Å²) in [7, 11) is 7.38. The Balaban J connectivity index is 3.63. The van der Waals surface area contributed by atoms with Gasteiger partial charge in [-0.1, -0.05) is 64.7 Å². The highest BCUT2D eigenvalue weighted by Crippen LogP contribution is 2.17. The molecule has 0 aromatic heterocycles. The van der Waals surface area contributed by atoms with Gasteiger partial charge in [0.05, 0.1) is 27.2 Å². The quantitative estimate of drug-likeness (QED) is 0.162. The SMILES string of the molecule is CCCCCCCCCCCCC[N+](C)(C)CCC[Si](OC)(OC)OC. The second-order valence-corrected chi connectivity index (χ2v) is 11.4. The van der Waals surface area contributed by atoms with Crippen LogP contribution in [0.15, 0.2) is 0 Å². The molecule has 0 aliphatic heterocycles.